The normalized spacial score (nSPS) is 17.6. The van der Waals surface area contributed by atoms with Crippen LogP contribution in [0.3, 0.4) is 0 Å². The zero-order chi connectivity index (χ0) is 26.8. The lowest BCUT2D eigenvalue weighted by atomic mass is 9.94. The number of amides is 1. The summed E-state index contributed by atoms with van der Waals surface area (Å²) in [5, 5.41) is 11.5. The Morgan fingerprint density at radius 1 is 0.974 bits per heavy atom. The number of aliphatic hydroxyl groups is 1. The van der Waals surface area contributed by atoms with Crippen LogP contribution < -0.4 is 28.6 Å². The highest BCUT2D eigenvalue weighted by atomic mass is 16.7. The number of ether oxygens (including phenoxy) is 5. The molecule has 38 heavy (non-hydrogen) atoms. The van der Waals surface area contributed by atoms with Gasteiger partial charge in [0, 0.05) is 17.3 Å². The van der Waals surface area contributed by atoms with Crippen molar-refractivity contribution in [3.05, 3.63) is 77.4 Å². The van der Waals surface area contributed by atoms with Gasteiger partial charge in [-0.15, -0.1) is 0 Å². The van der Waals surface area contributed by atoms with E-state index in [9.17, 15) is 14.7 Å². The summed E-state index contributed by atoms with van der Waals surface area (Å²) in [6.45, 7) is 2.56. The zero-order valence-corrected chi connectivity index (χ0v) is 21.2. The van der Waals surface area contributed by atoms with Crippen LogP contribution in [0.25, 0.3) is 5.76 Å². The zero-order valence-electron chi connectivity index (χ0n) is 21.2. The topological polar surface area (TPSA) is 104 Å². The Morgan fingerprint density at radius 3 is 2.53 bits per heavy atom. The van der Waals surface area contributed by atoms with Gasteiger partial charge in [-0.25, -0.2) is 0 Å². The minimum Gasteiger partial charge on any atom is -0.507 e. The number of methoxy groups -OCH3 is 2. The number of fused-ring (bicyclic) bond motifs is 1. The molecule has 0 spiro atoms. The number of carbonyl (C=O) groups is 2. The van der Waals surface area contributed by atoms with E-state index in [1.165, 1.54) is 19.1 Å². The molecule has 0 saturated carbocycles. The van der Waals surface area contributed by atoms with Crippen molar-refractivity contribution in [3.8, 4) is 28.7 Å². The van der Waals surface area contributed by atoms with Gasteiger partial charge in [0.25, 0.3) is 11.7 Å². The number of nitrogens with zero attached hydrogens (tertiary/aromatic N) is 1. The molecule has 1 atom stereocenters. The van der Waals surface area contributed by atoms with Gasteiger partial charge in [0.2, 0.25) is 6.79 Å². The number of benzene rings is 3. The molecule has 5 rings (SSSR count). The molecule has 1 fully saturated rings. The van der Waals surface area contributed by atoms with Gasteiger partial charge in [0.05, 0.1) is 32.4 Å². The van der Waals surface area contributed by atoms with Crippen LogP contribution in [0.4, 0.5) is 5.69 Å². The number of ketones is 1. The van der Waals surface area contributed by atoms with Crippen molar-refractivity contribution in [2.24, 2.45) is 0 Å². The van der Waals surface area contributed by atoms with Crippen LogP contribution in [0.5, 0.6) is 28.7 Å². The van der Waals surface area contributed by atoms with E-state index >= 15 is 0 Å². The molecule has 9 heteroatoms. The van der Waals surface area contributed by atoms with Gasteiger partial charge in [-0.1, -0.05) is 25.1 Å². The number of carbonyl (C=O) groups excluding carboxylic acids is 2. The Balaban J connectivity index is 1.69. The molecule has 0 aliphatic carbocycles. The number of hydrogen-bond donors (Lipinski definition) is 1. The molecule has 1 unspecified atom stereocenters. The van der Waals surface area contributed by atoms with Crippen LogP contribution >= 0.6 is 0 Å². The molecule has 3 aromatic rings. The lowest BCUT2D eigenvalue weighted by Crippen LogP contribution is -2.29. The molecular formula is C29H27NO8. The Hall–Kier alpha value is -4.66. The van der Waals surface area contributed by atoms with Gasteiger partial charge < -0.3 is 28.8 Å². The van der Waals surface area contributed by atoms with Crippen LogP contribution in [-0.4, -0.2) is 44.4 Å². The molecule has 1 saturated heterocycles. The highest BCUT2D eigenvalue weighted by Crippen LogP contribution is 2.46. The fourth-order valence-electron chi connectivity index (χ4n) is 4.58. The lowest BCUT2D eigenvalue weighted by molar-refractivity contribution is -0.132. The Bertz CT molecular complexity index is 1430. The van der Waals surface area contributed by atoms with E-state index < -0.39 is 17.7 Å². The van der Waals surface area contributed by atoms with Gasteiger partial charge in [-0.05, 0) is 48.4 Å². The molecular weight excluding hydrogens is 490 g/mol. The molecule has 1 N–H and O–H groups in total. The number of anilines is 1. The maximum Gasteiger partial charge on any atom is 0.300 e. The number of hydrogen-bond acceptors (Lipinski definition) is 8. The molecule has 196 valence electrons. The third kappa shape index (κ3) is 4.36. The third-order valence-corrected chi connectivity index (χ3v) is 6.38. The summed E-state index contributed by atoms with van der Waals surface area (Å²) in [4.78, 5) is 28.3. The Kier molecular flexibility index (Phi) is 6.83. The fourth-order valence-corrected chi connectivity index (χ4v) is 4.58. The van der Waals surface area contributed by atoms with Gasteiger partial charge in [0.15, 0.2) is 23.0 Å². The Labute approximate surface area is 219 Å². The summed E-state index contributed by atoms with van der Waals surface area (Å²) in [5.74, 6) is 0.515. The highest BCUT2D eigenvalue weighted by Gasteiger charge is 2.47. The molecule has 1 amide bonds. The van der Waals surface area contributed by atoms with Crippen molar-refractivity contribution in [2.75, 3.05) is 32.5 Å². The van der Waals surface area contributed by atoms with Crippen molar-refractivity contribution < 1.29 is 38.4 Å². The Morgan fingerprint density at radius 2 is 1.76 bits per heavy atom. The van der Waals surface area contributed by atoms with Crippen molar-refractivity contribution in [3.63, 3.8) is 0 Å². The molecule has 2 aliphatic heterocycles. The average Bonchev–Trinajstić information content (AvgIpc) is 3.52. The first kappa shape index (κ1) is 25.0. The summed E-state index contributed by atoms with van der Waals surface area (Å²) in [6.07, 6.45) is 0.816. The lowest BCUT2D eigenvalue weighted by Gasteiger charge is -2.26. The second kappa shape index (κ2) is 10.4. The summed E-state index contributed by atoms with van der Waals surface area (Å²) >= 11 is 0. The second-order valence-corrected chi connectivity index (χ2v) is 8.70. The minimum absolute atomic E-state index is 0.0625. The van der Waals surface area contributed by atoms with Gasteiger partial charge >= 0.3 is 0 Å². The first-order valence-corrected chi connectivity index (χ1v) is 12.1. The van der Waals surface area contributed by atoms with E-state index in [0.29, 0.717) is 52.2 Å². The van der Waals surface area contributed by atoms with Gasteiger partial charge in [-0.2, -0.15) is 0 Å². The molecule has 9 nitrogen and oxygen atoms in total. The van der Waals surface area contributed by atoms with E-state index in [2.05, 4.69) is 0 Å². The summed E-state index contributed by atoms with van der Waals surface area (Å²) in [5.41, 5.74) is 1.25. The van der Waals surface area contributed by atoms with E-state index in [-0.39, 0.29) is 18.1 Å². The van der Waals surface area contributed by atoms with E-state index in [4.69, 9.17) is 23.7 Å². The maximum atomic E-state index is 13.5. The van der Waals surface area contributed by atoms with Gasteiger partial charge in [-0.3, -0.25) is 14.5 Å². The van der Waals surface area contributed by atoms with Gasteiger partial charge in [0.1, 0.15) is 11.5 Å². The number of aliphatic hydroxyl groups excluding tert-OH is 1. The quantitative estimate of drug-likeness (QED) is 0.257. The first-order valence-electron chi connectivity index (χ1n) is 12.1. The molecule has 0 bridgehead atoms. The van der Waals surface area contributed by atoms with Crippen LogP contribution in [0.15, 0.2) is 66.2 Å². The van der Waals surface area contributed by atoms with E-state index in [0.717, 1.165) is 6.42 Å². The smallest absolute Gasteiger partial charge is 0.300 e. The third-order valence-electron chi connectivity index (χ3n) is 6.38. The summed E-state index contributed by atoms with van der Waals surface area (Å²) in [7, 11) is 3.02. The number of rotatable bonds is 8. The molecule has 0 aromatic heterocycles. The van der Waals surface area contributed by atoms with Crippen molar-refractivity contribution in [1.82, 2.24) is 0 Å². The second-order valence-electron chi connectivity index (χ2n) is 8.70. The molecule has 2 aliphatic rings. The van der Waals surface area contributed by atoms with Crippen molar-refractivity contribution in [2.45, 2.75) is 19.4 Å². The van der Waals surface area contributed by atoms with Crippen LogP contribution in [0.2, 0.25) is 0 Å². The predicted molar refractivity (Wildman–Crippen MR) is 139 cm³/mol. The fraction of sp³-hybridized carbons (Fsp3) is 0.241. The van der Waals surface area contributed by atoms with Crippen LogP contribution in [0.1, 0.15) is 30.5 Å². The van der Waals surface area contributed by atoms with Crippen molar-refractivity contribution >= 4 is 23.1 Å². The average molecular weight is 518 g/mol. The van der Waals surface area contributed by atoms with E-state index in [1.807, 2.05) is 6.92 Å². The van der Waals surface area contributed by atoms with Crippen molar-refractivity contribution in [1.29, 1.82) is 0 Å². The maximum absolute atomic E-state index is 13.5. The molecule has 0 radical (unpaired) electrons. The van der Waals surface area contributed by atoms with Crippen LogP contribution in [0, 0.1) is 0 Å². The van der Waals surface area contributed by atoms with Crippen LogP contribution in [-0.2, 0) is 9.59 Å². The largest absolute Gasteiger partial charge is 0.507 e. The SMILES string of the molecule is CCCOc1cccc(/C(O)=C2\C(=O)C(=O)N(c3ccc4c(c3)OCO4)C2c2ccc(OC)c(OC)c2)c1. The monoisotopic (exact) mass is 517 g/mol. The standard InChI is InChI=1S/C29H27NO8/c1-4-12-36-20-7-5-6-18(13-20)27(31)25-26(17-8-10-21(34-2)23(14-17)35-3)30(29(33)28(25)32)19-9-11-22-24(15-19)38-16-37-22/h5-11,13-15,26,31H,4,12,16H2,1-3H3/b27-25+. The molecule has 3 aromatic carbocycles. The highest BCUT2D eigenvalue weighted by molar-refractivity contribution is 6.51. The summed E-state index contributed by atoms with van der Waals surface area (Å²) in [6, 6.07) is 15.9. The molecule has 2 heterocycles. The summed E-state index contributed by atoms with van der Waals surface area (Å²) < 4.78 is 27.5. The number of Topliss-reactive ketones (excluding diaryl/α,β-unsaturated/α-hetero) is 1. The van der Waals surface area contributed by atoms with E-state index in [1.54, 1.807) is 60.7 Å². The minimum atomic E-state index is -0.963. The first-order chi connectivity index (χ1) is 18.5. The predicted octanol–water partition coefficient (Wildman–Crippen LogP) is 4.85.